The Hall–Kier alpha value is -11.5. The van der Waals surface area contributed by atoms with Crippen molar-refractivity contribution in [2.24, 2.45) is 0 Å². The molecule has 1 aliphatic heterocycles. The number of hydrogen-bond acceptors (Lipinski definition) is 6. The number of ether oxygens (including phenoxy) is 4. The summed E-state index contributed by atoms with van der Waals surface area (Å²) in [4.78, 5) is 0. The SMILES string of the molecule is C.CCCCCc1ccc(-c2cc(F)c(C(F)(F)Oc3ccc(-c4cc(F)c(C(F)(F)Oc5ccc(-c6cc(F)c(F)c(F)c6)c(F)c5)c(F)c4CCC)c(F)c3)c(F)c2)cc1.CCCCCc1ccc(-c2cc(F)c(C(F)(F)Oc3ccc(B4OC(C)(C)C(C)(C)O4)c(F)c3)c(F)c2)cc1.CCCc1c(Br)cc(F)c(C(F)(F)Oc2ccc(-c3cc(F)c(F)c(F)c3)c(F)c2)c1F. The largest absolute Gasteiger partial charge is 0.497 e. The third-order valence-electron chi connectivity index (χ3n) is 21.7. The summed E-state index contributed by atoms with van der Waals surface area (Å²) in [7, 11) is -1.06. The summed E-state index contributed by atoms with van der Waals surface area (Å²) in [6.45, 7) is 14.5. The van der Waals surface area contributed by atoms with E-state index < -0.39 is 238 Å². The van der Waals surface area contributed by atoms with Crippen LogP contribution in [0, 0.1) is 105 Å². The van der Waals surface area contributed by atoms with Crippen LogP contribution in [0.15, 0.2) is 186 Å². The number of rotatable bonds is 30. The average molecular weight is 1950 g/mol. The molecule has 12 aromatic rings. The fraction of sp³-hybridized carbons (Fsp3) is 0.273. The maximum absolute atomic E-state index is 16.0. The van der Waals surface area contributed by atoms with Crippen LogP contribution in [-0.2, 0) is 59.4 Å². The molecule has 0 atom stereocenters. The molecular weight excluding hydrogens is 1870 g/mol. The minimum absolute atomic E-state index is 0. The third-order valence-corrected chi connectivity index (χ3v) is 22.4. The number of alkyl halides is 8. The van der Waals surface area contributed by atoms with E-state index in [9.17, 15) is 74.6 Å². The monoisotopic (exact) mass is 1950 g/mol. The highest BCUT2D eigenvalue weighted by Crippen LogP contribution is 2.47. The summed E-state index contributed by atoms with van der Waals surface area (Å²) < 4.78 is 411. The predicted molar refractivity (Wildman–Crippen MR) is 454 cm³/mol. The zero-order valence-electron chi connectivity index (χ0n) is 71.0. The molecule has 0 N–H and O–H groups in total. The number of benzene rings is 12. The van der Waals surface area contributed by atoms with Gasteiger partial charge in [-0.15, -0.1) is 0 Å². The molecule has 0 unspecified atom stereocenters. The van der Waals surface area contributed by atoms with Gasteiger partial charge in [0.05, 0.1) is 11.2 Å². The van der Waals surface area contributed by atoms with Crippen molar-refractivity contribution in [2.75, 3.05) is 0 Å². The van der Waals surface area contributed by atoms with Crippen molar-refractivity contribution in [3.8, 4) is 78.6 Å². The van der Waals surface area contributed by atoms with E-state index in [1.165, 1.54) is 13.0 Å². The molecule has 0 aliphatic carbocycles. The molecule has 706 valence electrons. The van der Waals surface area contributed by atoms with Gasteiger partial charge in [0, 0.05) is 56.5 Å². The maximum atomic E-state index is 16.0. The van der Waals surface area contributed by atoms with Crippen LogP contribution in [0.3, 0.4) is 0 Å². The van der Waals surface area contributed by atoms with E-state index in [0.29, 0.717) is 102 Å². The summed E-state index contributed by atoms with van der Waals surface area (Å²) in [5, 5.41) is 0. The van der Waals surface area contributed by atoms with Crippen molar-refractivity contribution in [3.63, 3.8) is 0 Å². The molecular formula is C99H82BBrF26O6. The molecule has 0 spiro atoms. The number of unbranched alkanes of at least 4 members (excludes halogenated alkanes) is 4. The molecule has 6 nitrogen and oxygen atoms in total. The molecule has 0 bridgehead atoms. The Labute approximate surface area is 757 Å². The molecule has 12 aromatic carbocycles. The van der Waals surface area contributed by atoms with E-state index in [1.807, 2.05) is 12.1 Å². The van der Waals surface area contributed by atoms with Gasteiger partial charge in [-0.1, -0.05) is 144 Å². The molecule has 0 aromatic heterocycles. The standard InChI is InChI=1S/C46H33F13O2.C30H32BF5O3.C22H13BrF8O.CH4/c1-3-5-6-8-24-9-11-25(12-10-24)26-17-36(49)41(37(50)18-26)45(56,57)60-29-14-16-31(35(48)22-29)33-23-38(51)42(43(54)32(33)7-4-2)46(58,59)61-28-13-15-30(34(47)21-28)27-19-39(52)44(55)40(53)20-27;1-6-7-8-9-19-10-12-20(13-11-19)21-16-25(33)27(26(34)17-21)30(35,36)37-22-14-15-23(24(32)18-22)31-38-28(2,3)29(4,5)39-31;1-2-3-13-14(23)9-16(25)19(20(13)28)22(30,31)32-11-4-5-12(15(24)8-11)10-6-17(26)21(29)18(27)7-10;/h9-23H,3-8H2,1-2H3;10-18H,6-9H2,1-5H3;4-9H,2-3H2,1H3;1H4. The lowest BCUT2D eigenvalue weighted by Gasteiger charge is -2.32. The van der Waals surface area contributed by atoms with Crippen molar-refractivity contribution in [1.82, 2.24) is 0 Å². The Bertz CT molecular complexity index is 6100. The predicted octanol–water partition coefficient (Wildman–Crippen LogP) is 31.5. The van der Waals surface area contributed by atoms with Gasteiger partial charge in [-0.3, -0.25) is 0 Å². The van der Waals surface area contributed by atoms with Crippen molar-refractivity contribution in [1.29, 1.82) is 0 Å². The van der Waals surface area contributed by atoms with Crippen LogP contribution >= 0.6 is 15.9 Å². The van der Waals surface area contributed by atoms with Crippen LogP contribution in [-0.4, -0.2) is 18.3 Å². The fourth-order valence-electron chi connectivity index (χ4n) is 14.3. The molecule has 1 heterocycles. The number of aryl methyl sites for hydroxylation is 2. The van der Waals surface area contributed by atoms with Gasteiger partial charge in [0.1, 0.15) is 115 Å². The van der Waals surface area contributed by atoms with Gasteiger partial charge in [0.15, 0.2) is 34.9 Å². The van der Waals surface area contributed by atoms with Crippen LogP contribution in [0.25, 0.3) is 55.6 Å². The lowest BCUT2D eigenvalue weighted by atomic mass is 9.78. The van der Waals surface area contributed by atoms with Gasteiger partial charge in [-0.2, -0.15) is 35.1 Å². The van der Waals surface area contributed by atoms with Gasteiger partial charge in [0.25, 0.3) is 0 Å². The maximum Gasteiger partial charge on any atom is 0.497 e. The normalized spacial score (nSPS) is 13.1. The van der Waals surface area contributed by atoms with E-state index in [2.05, 4.69) is 48.7 Å². The van der Waals surface area contributed by atoms with Gasteiger partial charge < -0.3 is 28.3 Å². The van der Waals surface area contributed by atoms with Crippen LogP contribution in [0.4, 0.5) is 114 Å². The lowest BCUT2D eigenvalue weighted by Crippen LogP contribution is -2.41. The van der Waals surface area contributed by atoms with Crippen molar-refractivity contribution in [2.45, 2.75) is 176 Å². The average Bonchev–Trinajstić information content (AvgIpc) is 1.68. The quantitative estimate of drug-likeness (QED) is 0.0194. The molecule has 133 heavy (non-hydrogen) atoms. The molecule has 0 amide bonds. The van der Waals surface area contributed by atoms with Gasteiger partial charge >= 0.3 is 31.6 Å². The summed E-state index contributed by atoms with van der Waals surface area (Å²) in [5.41, 5.74) is -9.41. The minimum atomic E-state index is -4.86. The molecule has 13 rings (SSSR count). The number of hydrogen-bond donors (Lipinski definition) is 0. The summed E-state index contributed by atoms with van der Waals surface area (Å²) in [6, 6.07) is 28.5. The molecule has 34 heteroatoms. The van der Waals surface area contributed by atoms with Crippen LogP contribution in [0.1, 0.15) is 159 Å². The van der Waals surface area contributed by atoms with Gasteiger partial charge in [-0.25, -0.2) is 79.0 Å². The van der Waals surface area contributed by atoms with E-state index in [4.69, 9.17) is 9.31 Å². The third kappa shape index (κ3) is 23.6. The highest BCUT2D eigenvalue weighted by Gasteiger charge is 2.53. The van der Waals surface area contributed by atoms with E-state index in [0.717, 1.165) is 105 Å². The molecule has 1 aliphatic rings. The highest BCUT2D eigenvalue weighted by atomic mass is 79.9. The Balaban J connectivity index is 0.000000219. The zero-order chi connectivity index (χ0) is 96.8. The van der Waals surface area contributed by atoms with Crippen LogP contribution < -0.4 is 24.4 Å². The summed E-state index contributed by atoms with van der Waals surface area (Å²) in [5.74, 6) is -31.6. The van der Waals surface area contributed by atoms with Crippen LogP contribution in [0.5, 0.6) is 23.0 Å². The van der Waals surface area contributed by atoms with Gasteiger partial charge in [0.2, 0.25) is 0 Å². The Kier molecular flexibility index (Phi) is 33.0. The summed E-state index contributed by atoms with van der Waals surface area (Å²) >= 11 is 2.93. The smallest absolute Gasteiger partial charge is 0.429 e. The summed E-state index contributed by atoms with van der Waals surface area (Å²) in [6.07, 6.45) is -10.5. The minimum Gasteiger partial charge on any atom is -0.429 e. The van der Waals surface area contributed by atoms with Gasteiger partial charge in [-0.05, 0) is 225 Å². The van der Waals surface area contributed by atoms with Crippen molar-refractivity contribution >= 4 is 28.5 Å². The second-order valence-corrected chi connectivity index (χ2v) is 32.6. The zero-order valence-corrected chi connectivity index (χ0v) is 72.6. The Morgan fingerprint density at radius 3 is 0.917 bits per heavy atom. The first-order chi connectivity index (χ1) is 62.0. The van der Waals surface area contributed by atoms with E-state index in [1.54, 1.807) is 71.0 Å². The molecule has 0 radical (unpaired) electrons. The highest BCUT2D eigenvalue weighted by molar-refractivity contribution is 9.10. The first-order valence-corrected chi connectivity index (χ1v) is 41.8. The molecule has 0 saturated carbocycles. The fourth-order valence-corrected chi connectivity index (χ4v) is 14.8. The van der Waals surface area contributed by atoms with Crippen molar-refractivity contribution in [3.05, 3.63) is 336 Å². The van der Waals surface area contributed by atoms with Crippen molar-refractivity contribution < 1.29 is 142 Å². The Morgan fingerprint density at radius 2 is 0.579 bits per heavy atom. The molecule has 1 fully saturated rings. The van der Waals surface area contributed by atoms with E-state index in [-0.39, 0.29) is 46.9 Å². The first-order valence-electron chi connectivity index (χ1n) is 41.0. The first kappa shape index (κ1) is 104. The lowest BCUT2D eigenvalue weighted by molar-refractivity contribution is -0.190. The number of halogens is 27. The Morgan fingerprint density at radius 1 is 0.278 bits per heavy atom. The second-order valence-electron chi connectivity index (χ2n) is 31.7. The second kappa shape index (κ2) is 42.4. The van der Waals surface area contributed by atoms with E-state index >= 15 is 39.5 Å². The topological polar surface area (TPSA) is 55.4 Å². The van der Waals surface area contributed by atoms with Crippen LogP contribution in [0.2, 0.25) is 0 Å². The molecule has 1 saturated heterocycles.